The van der Waals surface area contributed by atoms with Gasteiger partial charge < -0.3 is 15.3 Å². The van der Waals surface area contributed by atoms with Crippen molar-refractivity contribution in [3.05, 3.63) is 0 Å². The van der Waals surface area contributed by atoms with Crippen molar-refractivity contribution in [1.82, 2.24) is 0 Å². The molecule has 0 saturated heterocycles. The Kier molecular flexibility index (Phi) is 4.69. The molecule has 1 rings (SSSR count). The van der Waals surface area contributed by atoms with Crippen molar-refractivity contribution in [2.24, 2.45) is 17.6 Å². The van der Waals surface area contributed by atoms with E-state index < -0.39 is 17.5 Å². The number of hydrogen-bond donors (Lipinski definition) is 1. The number of hydrogen-bond acceptors (Lipinski definition) is 4. The van der Waals surface area contributed by atoms with Gasteiger partial charge in [0.1, 0.15) is 17.8 Å². The van der Waals surface area contributed by atoms with E-state index in [0.29, 0.717) is 0 Å². The van der Waals surface area contributed by atoms with Crippen molar-refractivity contribution in [3.8, 4) is 0 Å². The predicted octanol–water partition coefficient (Wildman–Crippen LogP) is 1.66. The van der Waals surface area contributed by atoms with E-state index in [4.69, 9.17) is 10.5 Å². The summed E-state index contributed by atoms with van der Waals surface area (Å²) in [6.07, 6.45) is 4.18. The van der Waals surface area contributed by atoms with Gasteiger partial charge in [-0.05, 0) is 52.4 Å². The van der Waals surface area contributed by atoms with E-state index in [0.717, 1.165) is 32.0 Å². The van der Waals surface area contributed by atoms with Crippen LogP contribution in [0.3, 0.4) is 0 Å². The monoisotopic (exact) mass is 241 g/mol. The number of aldehydes is 1. The van der Waals surface area contributed by atoms with Gasteiger partial charge in [0.25, 0.3) is 0 Å². The first kappa shape index (κ1) is 14.2. The fourth-order valence-electron chi connectivity index (χ4n) is 2.23. The topological polar surface area (TPSA) is 69.4 Å². The molecule has 98 valence electrons. The zero-order valence-corrected chi connectivity index (χ0v) is 10.9. The van der Waals surface area contributed by atoms with Crippen molar-refractivity contribution in [2.75, 3.05) is 0 Å². The number of nitrogens with two attached hydrogens (primary N) is 1. The summed E-state index contributed by atoms with van der Waals surface area (Å²) in [7, 11) is 0. The van der Waals surface area contributed by atoms with Crippen LogP contribution in [-0.2, 0) is 14.3 Å². The van der Waals surface area contributed by atoms with Gasteiger partial charge >= 0.3 is 5.97 Å². The SMILES string of the molecule is CC(C)(C)OC(=O)C(C=O)C1CCC(N)CC1. The molecule has 0 aromatic heterocycles. The van der Waals surface area contributed by atoms with Crippen LogP contribution in [0.1, 0.15) is 46.5 Å². The number of esters is 1. The highest BCUT2D eigenvalue weighted by atomic mass is 16.6. The maximum absolute atomic E-state index is 11.9. The van der Waals surface area contributed by atoms with Crippen LogP contribution in [0.15, 0.2) is 0 Å². The van der Waals surface area contributed by atoms with Gasteiger partial charge in [-0.15, -0.1) is 0 Å². The van der Waals surface area contributed by atoms with Crippen LogP contribution in [0.4, 0.5) is 0 Å². The van der Waals surface area contributed by atoms with Crippen molar-refractivity contribution >= 4 is 12.3 Å². The predicted molar refractivity (Wildman–Crippen MR) is 65.3 cm³/mol. The van der Waals surface area contributed by atoms with Crippen molar-refractivity contribution < 1.29 is 14.3 Å². The average molecular weight is 241 g/mol. The second-order valence-electron chi connectivity index (χ2n) is 5.87. The molecule has 0 heterocycles. The van der Waals surface area contributed by atoms with E-state index in [-0.39, 0.29) is 12.0 Å². The molecule has 0 aliphatic heterocycles. The van der Waals surface area contributed by atoms with Crippen molar-refractivity contribution in [2.45, 2.75) is 58.1 Å². The van der Waals surface area contributed by atoms with Crippen molar-refractivity contribution in [1.29, 1.82) is 0 Å². The highest BCUT2D eigenvalue weighted by Gasteiger charge is 2.33. The van der Waals surface area contributed by atoms with Gasteiger partial charge in [-0.25, -0.2) is 0 Å². The number of rotatable bonds is 3. The lowest BCUT2D eigenvalue weighted by Gasteiger charge is -2.30. The minimum Gasteiger partial charge on any atom is -0.459 e. The van der Waals surface area contributed by atoms with Crippen LogP contribution in [0.25, 0.3) is 0 Å². The maximum atomic E-state index is 11.9. The summed E-state index contributed by atoms with van der Waals surface area (Å²) in [5, 5.41) is 0. The zero-order chi connectivity index (χ0) is 13.1. The molecule has 4 heteroatoms. The van der Waals surface area contributed by atoms with Crippen LogP contribution >= 0.6 is 0 Å². The molecule has 1 fully saturated rings. The normalized spacial score (nSPS) is 27.3. The van der Waals surface area contributed by atoms with E-state index >= 15 is 0 Å². The summed E-state index contributed by atoms with van der Waals surface area (Å²) >= 11 is 0. The van der Waals surface area contributed by atoms with Crippen LogP contribution in [0.2, 0.25) is 0 Å². The van der Waals surface area contributed by atoms with Gasteiger partial charge in [0.2, 0.25) is 0 Å². The molecule has 0 radical (unpaired) electrons. The maximum Gasteiger partial charge on any atom is 0.316 e. The Morgan fingerprint density at radius 2 is 1.82 bits per heavy atom. The van der Waals surface area contributed by atoms with E-state index in [1.165, 1.54) is 0 Å². The molecule has 1 saturated carbocycles. The van der Waals surface area contributed by atoms with Gasteiger partial charge in [0.15, 0.2) is 0 Å². The standard InChI is InChI=1S/C13H23NO3/c1-13(2,3)17-12(16)11(8-15)9-4-6-10(14)7-5-9/h8-11H,4-7,14H2,1-3H3. The fourth-order valence-corrected chi connectivity index (χ4v) is 2.23. The summed E-state index contributed by atoms with van der Waals surface area (Å²) in [6.45, 7) is 5.43. The van der Waals surface area contributed by atoms with E-state index in [1.807, 2.05) is 20.8 Å². The third kappa shape index (κ3) is 4.46. The molecular formula is C13H23NO3. The zero-order valence-electron chi connectivity index (χ0n) is 10.9. The number of carbonyl (C=O) groups is 2. The third-order valence-electron chi connectivity index (χ3n) is 3.15. The summed E-state index contributed by atoms with van der Waals surface area (Å²) in [6, 6.07) is 0.220. The molecule has 2 N–H and O–H groups in total. The smallest absolute Gasteiger partial charge is 0.316 e. The van der Waals surface area contributed by atoms with Gasteiger partial charge in [-0.1, -0.05) is 0 Å². The second kappa shape index (κ2) is 5.63. The molecule has 0 amide bonds. The van der Waals surface area contributed by atoms with Crippen LogP contribution in [-0.4, -0.2) is 23.9 Å². The Balaban J connectivity index is 2.59. The first-order chi connectivity index (χ1) is 7.83. The van der Waals surface area contributed by atoms with Gasteiger partial charge in [-0.2, -0.15) is 0 Å². The average Bonchev–Trinajstić information content (AvgIpc) is 2.19. The highest BCUT2D eigenvalue weighted by molar-refractivity contribution is 5.88. The van der Waals surface area contributed by atoms with Gasteiger partial charge in [0.05, 0.1) is 0 Å². The minimum atomic E-state index is -0.623. The number of carbonyl (C=O) groups excluding carboxylic acids is 2. The van der Waals surface area contributed by atoms with Crippen molar-refractivity contribution in [3.63, 3.8) is 0 Å². The highest BCUT2D eigenvalue weighted by Crippen LogP contribution is 2.30. The fraction of sp³-hybridized carbons (Fsp3) is 0.846. The van der Waals surface area contributed by atoms with Crippen LogP contribution < -0.4 is 5.73 Å². The minimum absolute atomic E-state index is 0.0992. The lowest BCUT2D eigenvalue weighted by molar-refractivity contribution is -0.163. The molecule has 4 nitrogen and oxygen atoms in total. The Hall–Kier alpha value is -0.900. The molecule has 1 unspecified atom stereocenters. The Labute approximate surface area is 103 Å². The van der Waals surface area contributed by atoms with E-state index in [1.54, 1.807) is 0 Å². The third-order valence-corrected chi connectivity index (χ3v) is 3.15. The molecule has 1 aliphatic rings. The molecule has 1 aliphatic carbocycles. The molecule has 1 atom stereocenters. The van der Waals surface area contributed by atoms with Crippen LogP contribution in [0.5, 0.6) is 0 Å². The van der Waals surface area contributed by atoms with E-state index in [2.05, 4.69) is 0 Å². The quantitative estimate of drug-likeness (QED) is 0.463. The summed E-state index contributed by atoms with van der Waals surface area (Å²) in [5.41, 5.74) is 5.27. The largest absolute Gasteiger partial charge is 0.459 e. The molecule has 17 heavy (non-hydrogen) atoms. The first-order valence-corrected chi connectivity index (χ1v) is 6.27. The van der Waals surface area contributed by atoms with Gasteiger partial charge in [0, 0.05) is 6.04 Å². The Morgan fingerprint density at radius 1 is 1.29 bits per heavy atom. The number of ether oxygens (including phenoxy) is 1. The Bertz CT molecular complexity index is 275. The first-order valence-electron chi connectivity index (χ1n) is 6.27. The molecule has 0 bridgehead atoms. The summed E-state index contributed by atoms with van der Waals surface area (Å²) in [4.78, 5) is 23.0. The van der Waals surface area contributed by atoms with E-state index in [9.17, 15) is 9.59 Å². The Morgan fingerprint density at radius 3 is 2.24 bits per heavy atom. The molecule has 0 aromatic carbocycles. The molecule has 0 spiro atoms. The summed E-state index contributed by atoms with van der Waals surface area (Å²) < 4.78 is 5.27. The lowest BCUT2D eigenvalue weighted by atomic mass is 9.79. The van der Waals surface area contributed by atoms with Crippen LogP contribution in [0, 0.1) is 11.8 Å². The second-order valence-corrected chi connectivity index (χ2v) is 5.87. The lowest BCUT2D eigenvalue weighted by Crippen LogP contribution is -2.36. The molecular weight excluding hydrogens is 218 g/mol. The summed E-state index contributed by atoms with van der Waals surface area (Å²) in [5.74, 6) is -0.920. The van der Waals surface area contributed by atoms with Gasteiger partial charge in [-0.3, -0.25) is 4.79 Å². The molecule has 0 aromatic rings.